The molecule has 1 amide bonds. The number of thioether (sulfide) groups is 2. The molecule has 3 aromatic rings. The molecule has 2 heterocycles. The van der Waals surface area contributed by atoms with Crippen molar-refractivity contribution >= 4 is 176 Å². The first-order valence-electron chi connectivity index (χ1n) is 13.5. The van der Waals surface area contributed by atoms with Crippen LogP contribution in [0.15, 0.2) is 10.3 Å². The van der Waals surface area contributed by atoms with Crippen molar-refractivity contribution in [2.24, 2.45) is 0 Å². The summed E-state index contributed by atoms with van der Waals surface area (Å²) in [6.07, 6.45) is -8.79. The molecule has 0 saturated heterocycles. The van der Waals surface area contributed by atoms with Crippen molar-refractivity contribution < 1.29 is 67.5 Å². The van der Waals surface area contributed by atoms with Crippen LogP contribution in [0.3, 0.4) is 0 Å². The summed E-state index contributed by atoms with van der Waals surface area (Å²) in [5, 5.41) is 2.12. The Labute approximate surface area is 390 Å². The zero-order valence-electron chi connectivity index (χ0n) is 27.4. The SMILES string of the molecule is CCCSc1nc(Cl)c(N)c(Cl)n1.CCCSc1nc(Cl)c(NC(=O)C(F)(F)F)c(Cl)n1.CI.O=C(Oc1c(F)c(F)c(F)c(F)c1F)C(F)(F)F.[I][V]([I])[I]. The number of carbonyl (C=O) groups is 2. The van der Waals surface area contributed by atoms with Gasteiger partial charge in [0.05, 0.1) is 0 Å². The number of esters is 1. The Morgan fingerprint density at radius 3 is 1.32 bits per heavy atom. The predicted octanol–water partition coefficient (Wildman–Crippen LogP) is 13.2. The fourth-order valence-electron chi connectivity index (χ4n) is 2.42. The molecule has 56 heavy (non-hydrogen) atoms. The number of benzene rings is 1. The van der Waals surface area contributed by atoms with Gasteiger partial charge in [0.25, 0.3) is 0 Å². The van der Waals surface area contributed by atoms with Crippen LogP contribution in [0.1, 0.15) is 26.7 Å². The molecule has 0 aliphatic rings. The summed E-state index contributed by atoms with van der Waals surface area (Å²) in [6, 6.07) is 0. The van der Waals surface area contributed by atoms with E-state index in [1.165, 1.54) is 28.8 Å². The van der Waals surface area contributed by atoms with E-state index in [-0.39, 0.29) is 36.4 Å². The maximum atomic E-state index is 12.8. The second kappa shape index (κ2) is 29.1. The zero-order valence-corrected chi connectivity index (χ0v) is 42.0. The van der Waals surface area contributed by atoms with Gasteiger partial charge in [-0.25, -0.2) is 37.9 Å². The van der Waals surface area contributed by atoms with Gasteiger partial charge in [0, 0.05) is 11.5 Å². The Morgan fingerprint density at radius 1 is 0.696 bits per heavy atom. The van der Waals surface area contributed by atoms with E-state index in [0.717, 1.165) is 18.6 Å². The van der Waals surface area contributed by atoms with E-state index in [2.05, 4.69) is 114 Å². The first-order valence-corrected chi connectivity index (χ1v) is 32.7. The number of nitrogens with one attached hydrogen (secondary N) is 1. The van der Waals surface area contributed by atoms with Crippen LogP contribution in [0.5, 0.6) is 5.75 Å². The first-order chi connectivity index (χ1) is 25.7. The van der Waals surface area contributed by atoms with Gasteiger partial charge in [0.15, 0.2) is 30.9 Å². The van der Waals surface area contributed by atoms with Crippen molar-refractivity contribution in [2.45, 2.75) is 49.4 Å². The molecular formula is C25H20Cl4F11I4N6O3S2V. The Kier molecular flexibility index (Phi) is 30.6. The van der Waals surface area contributed by atoms with E-state index in [9.17, 15) is 57.9 Å². The second-order valence-corrected chi connectivity index (χ2v) is 47.5. The van der Waals surface area contributed by atoms with Crippen LogP contribution >= 0.6 is 152 Å². The van der Waals surface area contributed by atoms with Gasteiger partial charge in [-0.05, 0) is 17.8 Å². The fourth-order valence-corrected chi connectivity index (χ4v) is 4.88. The third-order valence-electron chi connectivity index (χ3n) is 4.59. The number of aromatic nitrogens is 4. The summed E-state index contributed by atoms with van der Waals surface area (Å²) < 4.78 is 138. The molecule has 3 N–H and O–H groups in total. The zero-order chi connectivity index (χ0) is 44.3. The number of anilines is 2. The van der Waals surface area contributed by atoms with Crippen molar-refractivity contribution in [1.82, 2.24) is 19.9 Å². The number of nitrogens with zero attached hydrogens (tertiary/aromatic N) is 4. The minimum absolute atomic E-state index is 0.221. The Hall–Kier alpha value is 0.714. The average Bonchev–Trinajstić information content (AvgIpc) is 3.10. The number of nitrogens with two attached hydrogens (primary N) is 1. The van der Waals surface area contributed by atoms with E-state index in [1.54, 1.807) is 0 Å². The van der Waals surface area contributed by atoms with E-state index < -0.39 is 64.8 Å². The number of carbonyl (C=O) groups excluding carboxylic acids is 2. The van der Waals surface area contributed by atoms with Crippen LogP contribution < -0.4 is 15.8 Å². The molecule has 0 unspecified atom stereocenters. The molecule has 31 heteroatoms. The van der Waals surface area contributed by atoms with Gasteiger partial charge in [-0.15, -0.1) is 0 Å². The Morgan fingerprint density at radius 2 is 1.02 bits per heavy atom. The Bertz CT molecular complexity index is 1690. The molecule has 0 atom stereocenters. The van der Waals surface area contributed by atoms with Gasteiger partial charge in [-0.2, -0.15) is 35.1 Å². The van der Waals surface area contributed by atoms with Crippen molar-refractivity contribution in [3.05, 3.63) is 49.7 Å². The van der Waals surface area contributed by atoms with E-state index in [1.807, 2.05) is 11.9 Å². The molecule has 3 rings (SSSR count). The molecule has 0 aliphatic carbocycles. The quantitative estimate of drug-likeness (QED) is 0.0215. The van der Waals surface area contributed by atoms with E-state index in [4.69, 9.17) is 52.1 Å². The molecular weight excluding hydrogens is 1410 g/mol. The van der Waals surface area contributed by atoms with Gasteiger partial charge in [0.1, 0.15) is 11.4 Å². The Balaban J connectivity index is 0. The molecule has 0 radical (unpaired) electrons. The van der Waals surface area contributed by atoms with Crippen molar-refractivity contribution in [2.75, 3.05) is 27.5 Å². The number of amides is 1. The molecule has 2 aromatic heterocycles. The summed E-state index contributed by atoms with van der Waals surface area (Å²) in [7, 11) is 0. The summed E-state index contributed by atoms with van der Waals surface area (Å²) >= 11 is 35.1. The minimum atomic E-state index is -5.65. The van der Waals surface area contributed by atoms with Gasteiger partial charge in [-0.1, -0.05) is 106 Å². The van der Waals surface area contributed by atoms with Crippen molar-refractivity contribution in [3.63, 3.8) is 0 Å². The molecule has 0 saturated carbocycles. The van der Waals surface area contributed by atoms with Gasteiger partial charge in [0.2, 0.25) is 34.8 Å². The molecule has 1 aromatic carbocycles. The molecule has 9 nitrogen and oxygen atoms in total. The van der Waals surface area contributed by atoms with Crippen LogP contribution in [0.25, 0.3) is 0 Å². The molecule has 318 valence electrons. The fraction of sp³-hybridized carbons (Fsp3) is 0.360. The predicted molar refractivity (Wildman–Crippen MR) is 225 cm³/mol. The number of hydrogen-bond acceptors (Lipinski definition) is 10. The second-order valence-electron chi connectivity index (χ2n) is 8.59. The topological polar surface area (TPSA) is 133 Å². The van der Waals surface area contributed by atoms with Gasteiger partial charge in [-0.3, -0.25) is 4.79 Å². The maximum absolute atomic E-state index is 12.8. The summed E-state index contributed by atoms with van der Waals surface area (Å²) in [5.41, 5.74) is 5.27. The summed E-state index contributed by atoms with van der Waals surface area (Å²) in [4.78, 5) is 38.2. The molecule has 0 aliphatic heterocycles. The monoisotopic (exact) mass is 1420 g/mol. The van der Waals surface area contributed by atoms with Crippen molar-refractivity contribution in [1.29, 1.82) is 0 Å². The van der Waals surface area contributed by atoms with E-state index in [0.29, 0.717) is 10.9 Å². The number of rotatable bonds is 8. The number of halogens is 19. The van der Waals surface area contributed by atoms with Crippen LogP contribution in [0, 0.1) is 29.1 Å². The molecule has 0 spiro atoms. The molecule has 0 bridgehead atoms. The molecule has 0 fully saturated rings. The van der Waals surface area contributed by atoms with Crippen LogP contribution in [-0.4, -0.2) is 60.6 Å². The van der Waals surface area contributed by atoms with Gasteiger partial charge >= 0.3 is 89.1 Å². The van der Waals surface area contributed by atoms with Crippen molar-refractivity contribution in [3.8, 4) is 5.75 Å². The van der Waals surface area contributed by atoms with E-state index >= 15 is 0 Å². The van der Waals surface area contributed by atoms with Crippen LogP contribution in [-0.2, 0) is 14.5 Å². The normalized spacial score (nSPS) is 10.8. The third-order valence-corrected chi connectivity index (χ3v) is 7.82. The standard InChI is InChI=1S/C9H8Cl2F3N3OS.C8F8O2.C7H9Cl2N3S.CH3I.3HI.V/c1-2-3-19-8-16-5(10)4(6(11)17-8)15-7(18)9(12,13)14;9-1-2(10)4(12)6(5(13)3(1)11)18-7(17)8(14,15)16;1-2-3-13-7-11-5(8)4(10)6(9)12-7;1-2;;;;/h2-3H2,1H3,(H,15,18);;2-3,10H2,1H3;1H3;3*1H;/q;;;;;;;+3/p-3. The number of hydrogen-bond donors (Lipinski definition) is 2. The summed E-state index contributed by atoms with van der Waals surface area (Å²) in [6.45, 7) is 4.02. The van der Waals surface area contributed by atoms with Gasteiger partial charge < -0.3 is 15.8 Å². The average molecular weight is 1430 g/mol. The summed E-state index contributed by atoms with van der Waals surface area (Å²) in [5.74, 6) is -19.0. The number of ether oxygens (including phenoxy) is 1. The third kappa shape index (κ3) is 22.0. The van der Waals surface area contributed by atoms with Crippen LogP contribution in [0.2, 0.25) is 20.6 Å². The van der Waals surface area contributed by atoms with Crippen LogP contribution in [0.4, 0.5) is 59.7 Å². The number of nitrogen functional groups attached to an aromatic ring is 1. The number of alkyl halides is 7. The first kappa shape index (κ1) is 58.8.